The van der Waals surface area contributed by atoms with Gasteiger partial charge in [-0.25, -0.2) is 0 Å². The largest absolute Gasteiger partial charge is 0.481 e. The van der Waals surface area contributed by atoms with Gasteiger partial charge in [0, 0.05) is 0 Å². The molecule has 0 aliphatic rings. The van der Waals surface area contributed by atoms with Gasteiger partial charge >= 0.3 is 5.97 Å². The second-order valence-corrected chi connectivity index (χ2v) is 3.45. The van der Waals surface area contributed by atoms with Crippen LogP contribution < -0.4 is 0 Å². The molecule has 0 heterocycles. The fraction of sp³-hybridized carbons (Fsp3) is 0.900. The summed E-state index contributed by atoms with van der Waals surface area (Å²) in [7, 11) is 0. The smallest absolute Gasteiger partial charge is 0.305 e. The number of hydrogen-bond acceptors (Lipinski definition) is 2. The first-order chi connectivity index (χ1) is 6.16. The molecule has 0 fully saturated rings. The van der Waals surface area contributed by atoms with E-state index in [9.17, 15) is 9.90 Å². The van der Waals surface area contributed by atoms with Gasteiger partial charge in [0.05, 0.1) is 12.5 Å². The summed E-state index contributed by atoms with van der Waals surface area (Å²) in [6, 6.07) is 0. The molecule has 0 aliphatic heterocycles. The van der Waals surface area contributed by atoms with Gasteiger partial charge in [-0.3, -0.25) is 4.79 Å². The van der Waals surface area contributed by atoms with Gasteiger partial charge in [0.2, 0.25) is 0 Å². The first-order valence-electron chi connectivity index (χ1n) is 5.06. The van der Waals surface area contributed by atoms with Gasteiger partial charge in [-0.2, -0.15) is 0 Å². The van der Waals surface area contributed by atoms with Crippen LogP contribution >= 0.6 is 0 Å². The number of aliphatic hydroxyl groups is 1. The highest BCUT2D eigenvalue weighted by atomic mass is 16.4. The van der Waals surface area contributed by atoms with Crippen molar-refractivity contribution in [3.05, 3.63) is 0 Å². The van der Waals surface area contributed by atoms with Crippen molar-refractivity contribution in [2.75, 3.05) is 0 Å². The van der Waals surface area contributed by atoms with Gasteiger partial charge in [0.25, 0.3) is 0 Å². The minimum atomic E-state index is -0.916. The number of rotatable bonds is 8. The summed E-state index contributed by atoms with van der Waals surface area (Å²) in [5.74, 6) is -0.916. The van der Waals surface area contributed by atoms with E-state index in [1.165, 1.54) is 19.3 Å². The molecule has 0 saturated heterocycles. The Morgan fingerprint density at radius 1 is 1.21 bits per heavy atom. The topological polar surface area (TPSA) is 89.0 Å². The van der Waals surface area contributed by atoms with Crippen LogP contribution in [-0.2, 0) is 4.79 Å². The Morgan fingerprint density at radius 2 is 1.79 bits per heavy atom. The number of aliphatic hydroxyl groups excluding tert-OH is 1. The van der Waals surface area contributed by atoms with Crippen LogP contribution in [0.1, 0.15) is 51.9 Å². The molecule has 0 rings (SSSR count). The van der Waals surface area contributed by atoms with E-state index in [2.05, 4.69) is 6.92 Å². The van der Waals surface area contributed by atoms with E-state index >= 15 is 0 Å². The van der Waals surface area contributed by atoms with Crippen LogP contribution in [0.2, 0.25) is 0 Å². The van der Waals surface area contributed by atoms with E-state index in [-0.39, 0.29) is 11.9 Å². The summed E-state index contributed by atoms with van der Waals surface area (Å²) in [5, 5.41) is 17.6. The van der Waals surface area contributed by atoms with Gasteiger partial charge in [-0.1, -0.05) is 39.0 Å². The molecule has 4 nitrogen and oxygen atoms in total. The second-order valence-electron chi connectivity index (χ2n) is 3.45. The molecular weight excluding hydrogens is 184 g/mol. The molecule has 1 atom stereocenters. The van der Waals surface area contributed by atoms with Crippen molar-refractivity contribution in [2.45, 2.75) is 58.0 Å². The number of hydrogen-bond donors (Lipinski definition) is 2. The molecule has 0 spiro atoms. The Hall–Kier alpha value is -0.610. The molecule has 86 valence electrons. The lowest BCUT2D eigenvalue weighted by Gasteiger charge is -2.06. The third-order valence-electron chi connectivity index (χ3n) is 2.05. The Kier molecular flexibility index (Phi) is 11.9. The van der Waals surface area contributed by atoms with Crippen LogP contribution in [0, 0.1) is 0 Å². The molecule has 0 aromatic rings. The Morgan fingerprint density at radius 3 is 2.29 bits per heavy atom. The minimum absolute atomic E-state index is 0. The summed E-state index contributed by atoms with van der Waals surface area (Å²) >= 11 is 0. The molecule has 0 saturated carbocycles. The van der Waals surface area contributed by atoms with Crippen molar-refractivity contribution in [1.29, 1.82) is 0 Å². The first kappa shape index (κ1) is 15.8. The number of carboxylic acids is 1. The van der Waals surface area contributed by atoms with E-state index in [1.807, 2.05) is 0 Å². The van der Waals surface area contributed by atoms with E-state index in [0.717, 1.165) is 12.8 Å². The molecule has 0 aromatic heterocycles. The highest BCUT2D eigenvalue weighted by molar-refractivity contribution is 5.67. The maximum Gasteiger partial charge on any atom is 0.305 e. The van der Waals surface area contributed by atoms with Crippen LogP contribution in [0.25, 0.3) is 0 Å². The summed E-state index contributed by atoms with van der Waals surface area (Å²) in [5.41, 5.74) is 0. The molecule has 4 heteroatoms. The average molecular weight is 206 g/mol. The fourth-order valence-corrected chi connectivity index (χ4v) is 1.29. The zero-order valence-electron chi connectivity index (χ0n) is 8.83. The van der Waals surface area contributed by atoms with E-state index < -0.39 is 12.1 Å². The maximum absolute atomic E-state index is 10.2. The van der Waals surface area contributed by atoms with Crippen LogP contribution in [0.15, 0.2) is 0 Å². The monoisotopic (exact) mass is 206 g/mol. The first-order valence-corrected chi connectivity index (χ1v) is 5.06. The molecule has 4 N–H and O–H groups in total. The highest BCUT2D eigenvalue weighted by Crippen LogP contribution is 2.08. The zero-order chi connectivity index (χ0) is 10.1. The van der Waals surface area contributed by atoms with Crippen LogP contribution in [0.3, 0.4) is 0 Å². The Bertz CT molecular complexity index is 136. The van der Waals surface area contributed by atoms with Crippen LogP contribution in [0.5, 0.6) is 0 Å². The quantitative estimate of drug-likeness (QED) is 0.587. The van der Waals surface area contributed by atoms with Crippen molar-refractivity contribution in [3.63, 3.8) is 0 Å². The van der Waals surface area contributed by atoms with Crippen LogP contribution in [0.4, 0.5) is 0 Å². The van der Waals surface area contributed by atoms with Gasteiger partial charge in [0.1, 0.15) is 0 Å². The predicted molar refractivity (Wildman–Crippen MR) is 55.2 cm³/mol. The number of carboxylic acid groups (broad SMARTS) is 1. The third-order valence-corrected chi connectivity index (χ3v) is 2.05. The van der Waals surface area contributed by atoms with Crippen molar-refractivity contribution in [2.24, 2.45) is 0 Å². The van der Waals surface area contributed by atoms with Crippen molar-refractivity contribution in [3.8, 4) is 0 Å². The normalized spacial score (nSPS) is 11.9. The van der Waals surface area contributed by atoms with Gasteiger partial charge in [-0.05, 0) is 6.42 Å². The number of aliphatic carboxylic acids is 1. The summed E-state index contributed by atoms with van der Waals surface area (Å²) in [6.45, 7) is 2.15. The summed E-state index contributed by atoms with van der Waals surface area (Å²) in [6.07, 6.45) is 5.52. The standard InChI is InChI=1S/C10H20O3.H2O/c1-2-3-4-5-6-7-9(11)8-10(12)13;/h9,11H,2-8H2,1H3,(H,12,13);1H2. The lowest BCUT2D eigenvalue weighted by Crippen LogP contribution is -2.12. The predicted octanol–water partition coefficient (Wildman–Crippen LogP) is 1.36. The second kappa shape index (κ2) is 10.5. The van der Waals surface area contributed by atoms with Gasteiger partial charge in [-0.15, -0.1) is 0 Å². The van der Waals surface area contributed by atoms with Crippen LogP contribution in [-0.4, -0.2) is 27.8 Å². The molecule has 1 unspecified atom stereocenters. The van der Waals surface area contributed by atoms with E-state index in [4.69, 9.17) is 5.11 Å². The molecule has 0 radical (unpaired) electrons. The van der Waals surface area contributed by atoms with E-state index in [1.54, 1.807) is 0 Å². The molecule has 14 heavy (non-hydrogen) atoms. The highest BCUT2D eigenvalue weighted by Gasteiger charge is 2.08. The minimum Gasteiger partial charge on any atom is -0.481 e. The van der Waals surface area contributed by atoms with Crippen molar-refractivity contribution < 1.29 is 20.5 Å². The molecule has 0 amide bonds. The number of carbonyl (C=O) groups is 1. The Balaban J connectivity index is 0. The maximum atomic E-state index is 10.2. The van der Waals surface area contributed by atoms with Gasteiger partial charge in [0.15, 0.2) is 0 Å². The molecule has 0 aliphatic carbocycles. The van der Waals surface area contributed by atoms with Gasteiger partial charge < -0.3 is 15.7 Å². The third kappa shape index (κ3) is 11.4. The molecule has 0 aromatic carbocycles. The molecule has 0 bridgehead atoms. The number of unbranched alkanes of at least 4 members (excludes halogenated alkanes) is 4. The average Bonchev–Trinajstić information content (AvgIpc) is 2.02. The lowest BCUT2D eigenvalue weighted by molar-refractivity contribution is -0.139. The summed E-state index contributed by atoms with van der Waals surface area (Å²) in [4.78, 5) is 10.2. The summed E-state index contributed by atoms with van der Waals surface area (Å²) < 4.78 is 0. The lowest BCUT2D eigenvalue weighted by atomic mass is 10.1. The fourth-order valence-electron chi connectivity index (χ4n) is 1.29. The Labute approximate surface area is 85.3 Å². The molecular formula is C10H22O4. The van der Waals surface area contributed by atoms with Crippen molar-refractivity contribution in [1.82, 2.24) is 0 Å². The SMILES string of the molecule is CCCCCCCC(O)CC(=O)O.O. The van der Waals surface area contributed by atoms with Crippen molar-refractivity contribution >= 4 is 5.97 Å². The zero-order valence-corrected chi connectivity index (χ0v) is 8.83. The van der Waals surface area contributed by atoms with E-state index in [0.29, 0.717) is 6.42 Å².